The molecule has 0 aliphatic carbocycles. The number of anilines is 1. The summed E-state index contributed by atoms with van der Waals surface area (Å²) in [4.78, 5) is 2.42. The highest BCUT2D eigenvalue weighted by molar-refractivity contribution is 6.30. The van der Waals surface area contributed by atoms with Crippen LogP contribution >= 0.6 is 11.6 Å². The Morgan fingerprint density at radius 3 is 3.00 bits per heavy atom. The van der Waals surface area contributed by atoms with E-state index in [-0.39, 0.29) is 0 Å². The van der Waals surface area contributed by atoms with Gasteiger partial charge in [0.25, 0.3) is 0 Å². The molecule has 0 radical (unpaired) electrons. The molecule has 1 heterocycles. The van der Waals surface area contributed by atoms with E-state index in [1.807, 2.05) is 6.07 Å². The second-order valence-electron chi connectivity index (χ2n) is 3.97. The van der Waals surface area contributed by atoms with Gasteiger partial charge in [-0.25, -0.2) is 0 Å². The molecule has 0 aromatic heterocycles. The van der Waals surface area contributed by atoms with Gasteiger partial charge in [0.15, 0.2) is 0 Å². The fourth-order valence-electron chi connectivity index (χ4n) is 2.16. The van der Waals surface area contributed by atoms with Crippen LogP contribution in [0.15, 0.2) is 18.2 Å². The van der Waals surface area contributed by atoms with Crippen LogP contribution in [-0.2, 0) is 0 Å². The summed E-state index contributed by atoms with van der Waals surface area (Å²) in [5.74, 6) is 0.645. The maximum atomic E-state index is 6.01. The first-order valence-corrected chi connectivity index (χ1v) is 5.64. The highest BCUT2D eigenvalue weighted by atomic mass is 35.5. The van der Waals surface area contributed by atoms with Gasteiger partial charge in [-0.15, -0.1) is 0 Å². The monoisotopic (exact) mass is 209 g/mol. The second-order valence-corrected chi connectivity index (χ2v) is 4.41. The largest absolute Gasteiger partial charge is 0.372 e. The topological polar surface area (TPSA) is 3.24 Å². The molecule has 14 heavy (non-hydrogen) atoms. The normalized spacial score (nSPS) is 20.8. The summed E-state index contributed by atoms with van der Waals surface area (Å²) in [7, 11) is 0. The molecule has 1 unspecified atom stereocenters. The van der Waals surface area contributed by atoms with Crippen LogP contribution in [0, 0.1) is 0 Å². The van der Waals surface area contributed by atoms with Crippen LogP contribution < -0.4 is 4.90 Å². The molecule has 0 saturated heterocycles. The number of rotatable bonds is 1. The minimum absolute atomic E-state index is 0.645. The van der Waals surface area contributed by atoms with Crippen LogP contribution in [0.5, 0.6) is 0 Å². The van der Waals surface area contributed by atoms with Gasteiger partial charge in [-0.1, -0.05) is 18.5 Å². The minimum Gasteiger partial charge on any atom is -0.372 e. The van der Waals surface area contributed by atoms with E-state index in [1.165, 1.54) is 24.2 Å². The maximum Gasteiger partial charge on any atom is 0.0410 e. The third kappa shape index (κ3) is 1.61. The van der Waals surface area contributed by atoms with Crippen molar-refractivity contribution in [2.24, 2.45) is 0 Å². The van der Waals surface area contributed by atoms with Gasteiger partial charge in [-0.3, -0.25) is 0 Å². The van der Waals surface area contributed by atoms with Crippen LogP contribution in [0.2, 0.25) is 5.02 Å². The first-order valence-electron chi connectivity index (χ1n) is 5.26. The third-order valence-corrected chi connectivity index (χ3v) is 3.31. The molecule has 0 bridgehead atoms. The standard InChI is InChI=1S/C12H16ClN/c1-3-14-7-6-9(2)11-8-10(13)4-5-12(11)14/h4-5,8-9H,3,6-7H2,1-2H3. The Bertz CT molecular complexity index is 335. The molecule has 0 spiro atoms. The molecular weight excluding hydrogens is 194 g/mol. The average Bonchev–Trinajstić information content (AvgIpc) is 2.19. The maximum absolute atomic E-state index is 6.01. The molecular formula is C12H16ClN. The fourth-order valence-corrected chi connectivity index (χ4v) is 2.34. The summed E-state index contributed by atoms with van der Waals surface area (Å²) in [5, 5.41) is 0.855. The second kappa shape index (κ2) is 3.82. The Labute approximate surface area is 90.7 Å². The molecule has 0 amide bonds. The number of hydrogen-bond donors (Lipinski definition) is 0. The van der Waals surface area contributed by atoms with Gasteiger partial charge in [-0.2, -0.15) is 0 Å². The molecule has 0 saturated carbocycles. The van der Waals surface area contributed by atoms with Crippen LogP contribution in [0.3, 0.4) is 0 Å². The SMILES string of the molecule is CCN1CCC(C)c2cc(Cl)ccc21. The quantitative estimate of drug-likeness (QED) is 0.682. The number of halogens is 1. The van der Waals surface area contributed by atoms with E-state index in [0.29, 0.717) is 5.92 Å². The first kappa shape index (κ1) is 9.85. The van der Waals surface area contributed by atoms with Crippen LogP contribution in [-0.4, -0.2) is 13.1 Å². The first-order chi connectivity index (χ1) is 6.72. The van der Waals surface area contributed by atoms with Crippen molar-refractivity contribution in [1.82, 2.24) is 0 Å². The number of nitrogens with zero attached hydrogens (tertiary/aromatic N) is 1. The molecule has 1 aromatic rings. The van der Waals surface area contributed by atoms with E-state index in [1.54, 1.807) is 0 Å². The van der Waals surface area contributed by atoms with Crippen molar-refractivity contribution in [1.29, 1.82) is 0 Å². The lowest BCUT2D eigenvalue weighted by atomic mass is 9.91. The van der Waals surface area contributed by atoms with Gasteiger partial charge in [0.1, 0.15) is 0 Å². The van der Waals surface area contributed by atoms with Crippen molar-refractivity contribution >= 4 is 17.3 Å². The molecule has 1 aliphatic heterocycles. The van der Waals surface area contributed by atoms with Gasteiger partial charge in [0.05, 0.1) is 0 Å². The van der Waals surface area contributed by atoms with Crippen molar-refractivity contribution in [3.05, 3.63) is 28.8 Å². The zero-order valence-corrected chi connectivity index (χ0v) is 9.51. The van der Waals surface area contributed by atoms with Crippen molar-refractivity contribution in [3.63, 3.8) is 0 Å². The Hall–Kier alpha value is -0.690. The van der Waals surface area contributed by atoms with Crippen molar-refractivity contribution in [2.75, 3.05) is 18.0 Å². The molecule has 2 heteroatoms. The smallest absolute Gasteiger partial charge is 0.0410 e. The molecule has 1 nitrogen and oxygen atoms in total. The summed E-state index contributed by atoms with van der Waals surface area (Å²) < 4.78 is 0. The lowest BCUT2D eigenvalue weighted by molar-refractivity contribution is 0.619. The molecule has 1 aliphatic rings. The Kier molecular flexibility index (Phi) is 2.69. The van der Waals surface area contributed by atoms with Gasteiger partial charge in [-0.05, 0) is 43.0 Å². The molecule has 1 atom stereocenters. The van der Waals surface area contributed by atoms with Crippen molar-refractivity contribution in [3.8, 4) is 0 Å². The average molecular weight is 210 g/mol. The minimum atomic E-state index is 0.645. The number of fused-ring (bicyclic) bond motifs is 1. The fraction of sp³-hybridized carbons (Fsp3) is 0.500. The molecule has 0 fully saturated rings. The van der Waals surface area contributed by atoms with Gasteiger partial charge in [0.2, 0.25) is 0 Å². The zero-order chi connectivity index (χ0) is 10.1. The van der Waals surface area contributed by atoms with Gasteiger partial charge >= 0.3 is 0 Å². The van der Waals surface area contributed by atoms with Crippen LogP contribution in [0.25, 0.3) is 0 Å². The molecule has 0 N–H and O–H groups in total. The van der Waals surface area contributed by atoms with Crippen molar-refractivity contribution < 1.29 is 0 Å². The third-order valence-electron chi connectivity index (χ3n) is 3.07. The Morgan fingerprint density at radius 1 is 1.50 bits per heavy atom. The number of hydrogen-bond acceptors (Lipinski definition) is 1. The van der Waals surface area contributed by atoms with E-state index >= 15 is 0 Å². The van der Waals surface area contributed by atoms with E-state index in [4.69, 9.17) is 11.6 Å². The lowest BCUT2D eigenvalue weighted by Crippen LogP contribution is -2.30. The molecule has 1 aromatic carbocycles. The van der Waals surface area contributed by atoms with Crippen LogP contribution in [0.4, 0.5) is 5.69 Å². The van der Waals surface area contributed by atoms with E-state index in [2.05, 4.69) is 30.9 Å². The summed E-state index contributed by atoms with van der Waals surface area (Å²) in [6.45, 7) is 6.74. The summed E-state index contributed by atoms with van der Waals surface area (Å²) in [5.41, 5.74) is 2.78. The van der Waals surface area contributed by atoms with Crippen LogP contribution in [0.1, 0.15) is 31.7 Å². The predicted molar refractivity (Wildman–Crippen MR) is 62.4 cm³/mol. The van der Waals surface area contributed by atoms with E-state index in [9.17, 15) is 0 Å². The summed E-state index contributed by atoms with van der Waals surface area (Å²) >= 11 is 6.01. The number of benzene rings is 1. The summed E-state index contributed by atoms with van der Waals surface area (Å²) in [6.07, 6.45) is 1.24. The Balaban J connectivity index is 2.45. The van der Waals surface area contributed by atoms with Gasteiger partial charge < -0.3 is 4.90 Å². The summed E-state index contributed by atoms with van der Waals surface area (Å²) in [6, 6.07) is 6.25. The Morgan fingerprint density at radius 2 is 2.29 bits per heavy atom. The molecule has 76 valence electrons. The lowest BCUT2D eigenvalue weighted by Gasteiger charge is -2.33. The zero-order valence-electron chi connectivity index (χ0n) is 8.76. The van der Waals surface area contributed by atoms with E-state index in [0.717, 1.165) is 11.6 Å². The van der Waals surface area contributed by atoms with Gasteiger partial charge in [0, 0.05) is 23.8 Å². The highest BCUT2D eigenvalue weighted by Gasteiger charge is 2.20. The highest BCUT2D eigenvalue weighted by Crippen LogP contribution is 2.36. The van der Waals surface area contributed by atoms with E-state index < -0.39 is 0 Å². The molecule has 2 rings (SSSR count). The van der Waals surface area contributed by atoms with Crippen molar-refractivity contribution in [2.45, 2.75) is 26.2 Å². The predicted octanol–water partition coefficient (Wildman–Crippen LogP) is 3.67.